The minimum Gasteiger partial charge on any atom is -0.313 e. The molecule has 0 atom stereocenters. The monoisotopic (exact) mass is 310 g/mol. The molecule has 1 N–H and O–H groups in total. The molecule has 0 amide bonds. The molecule has 0 radical (unpaired) electrons. The third kappa shape index (κ3) is 2.17. The second kappa shape index (κ2) is 5.47. The van der Waals surface area contributed by atoms with Crippen LogP contribution >= 0.6 is 11.3 Å². The van der Waals surface area contributed by atoms with Crippen molar-refractivity contribution in [2.45, 2.75) is 6.42 Å². The fourth-order valence-electron chi connectivity index (χ4n) is 2.66. The molecular weight excluding hydrogens is 296 g/mol. The molecule has 0 spiro atoms. The van der Waals surface area contributed by atoms with E-state index in [-0.39, 0.29) is 5.56 Å². The van der Waals surface area contributed by atoms with Crippen LogP contribution in [0.3, 0.4) is 0 Å². The molecule has 6 heteroatoms. The van der Waals surface area contributed by atoms with Gasteiger partial charge in [0.1, 0.15) is 10.4 Å². The van der Waals surface area contributed by atoms with Gasteiger partial charge in [-0.25, -0.2) is 4.98 Å². The van der Waals surface area contributed by atoms with Crippen LogP contribution in [0, 0.1) is 0 Å². The van der Waals surface area contributed by atoms with Crippen molar-refractivity contribution in [3.63, 3.8) is 0 Å². The predicted octanol–water partition coefficient (Wildman–Crippen LogP) is 2.35. The van der Waals surface area contributed by atoms with Crippen LogP contribution in [-0.4, -0.2) is 27.6 Å². The topological polar surface area (TPSA) is 59.8 Å². The molecule has 0 aromatic carbocycles. The first-order valence-electron chi connectivity index (χ1n) is 7.16. The minimum atomic E-state index is -0.00574. The van der Waals surface area contributed by atoms with Crippen LogP contribution < -0.4 is 10.9 Å². The molecular formula is C16H14N4OS. The SMILES string of the molecule is O=c1c2sccc2nc(-c2ccccn2)n1C1=CCNCC1. The maximum atomic E-state index is 12.9. The molecule has 110 valence electrons. The van der Waals surface area contributed by atoms with E-state index in [4.69, 9.17) is 4.98 Å². The van der Waals surface area contributed by atoms with Crippen molar-refractivity contribution in [3.05, 3.63) is 52.3 Å². The Morgan fingerprint density at radius 2 is 2.23 bits per heavy atom. The zero-order valence-electron chi connectivity index (χ0n) is 11.8. The molecule has 0 aliphatic carbocycles. The highest BCUT2D eigenvalue weighted by Gasteiger charge is 2.18. The highest BCUT2D eigenvalue weighted by molar-refractivity contribution is 7.17. The van der Waals surface area contributed by atoms with Crippen molar-refractivity contribution in [2.24, 2.45) is 0 Å². The molecule has 0 bridgehead atoms. The molecule has 5 nitrogen and oxygen atoms in total. The molecule has 22 heavy (non-hydrogen) atoms. The summed E-state index contributed by atoms with van der Waals surface area (Å²) in [6.07, 6.45) is 4.58. The Balaban J connectivity index is 2.05. The van der Waals surface area contributed by atoms with Crippen LogP contribution in [0.2, 0.25) is 0 Å². The Morgan fingerprint density at radius 1 is 1.27 bits per heavy atom. The highest BCUT2D eigenvalue weighted by Crippen LogP contribution is 2.24. The third-order valence-electron chi connectivity index (χ3n) is 3.70. The number of thiophene rings is 1. The predicted molar refractivity (Wildman–Crippen MR) is 88.9 cm³/mol. The fourth-order valence-corrected chi connectivity index (χ4v) is 3.42. The molecule has 0 fully saturated rings. The minimum absolute atomic E-state index is 0.00574. The molecule has 4 rings (SSSR count). The molecule has 3 aromatic heterocycles. The number of fused-ring (bicyclic) bond motifs is 1. The molecule has 0 saturated heterocycles. The van der Waals surface area contributed by atoms with E-state index in [1.54, 1.807) is 10.8 Å². The van der Waals surface area contributed by atoms with Crippen molar-refractivity contribution in [1.82, 2.24) is 19.9 Å². The summed E-state index contributed by atoms with van der Waals surface area (Å²) in [4.78, 5) is 22.0. The van der Waals surface area contributed by atoms with E-state index in [0.717, 1.165) is 30.7 Å². The van der Waals surface area contributed by atoms with E-state index in [9.17, 15) is 4.79 Å². The summed E-state index contributed by atoms with van der Waals surface area (Å²) in [5, 5.41) is 5.18. The standard InChI is InChI=1S/C16H14N4OS/c21-16-14-12(6-10-22-14)19-15(13-3-1-2-7-18-13)20(16)11-4-8-17-9-5-11/h1-4,6-7,10,17H,5,8-9H2. The lowest BCUT2D eigenvalue weighted by Gasteiger charge is -2.18. The number of hydrogen-bond donors (Lipinski definition) is 1. The van der Waals surface area contributed by atoms with E-state index in [1.165, 1.54) is 11.3 Å². The third-order valence-corrected chi connectivity index (χ3v) is 4.59. The summed E-state index contributed by atoms with van der Waals surface area (Å²) < 4.78 is 2.42. The fraction of sp³-hybridized carbons (Fsp3) is 0.188. The Kier molecular flexibility index (Phi) is 3.32. The van der Waals surface area contributed by atoms with Gasteiger partial charge < -0.3 is 5.32 Å². The van der Waals surface area contributed by atoms with E-state index < -0.39 is 0 Å². The summed E-state index contributed by atoms with van der Waals surface area (Å²) in [6, 6.07) is 7.54. The van der Waals surface area contributed by atoms with Crippen LogP contribution in [0.5, 0.6) is 0 Å². The van der Waals surface area contributed by atoms with Gasteiger partial charge in [0.05, 0.1) is 5.52 Å². The van der Waals surface area contributed by atoms with E-state index in [2.05, 4.69) is 16.4 Å². The Bertz CT molecular complexity index is 911. The van der Waals surface area contributed by atoms with E-state index >= 15 is 0 Å². The van der Waals surface area contributed by atoms with Gasteiger partial charge in [-0.1, -0.05) is 12.1 Å². The summed E-state index contributed by atoms with van der Waals surface area (Å²) >= 11 is 1.44. The molecule has 0 saturated carbocycles. The van der Waals surface area contributed by atoms with E-state index in [0.29, 0.717) is 16.2 Å². The highest BCUT2D eigenvalue weighted by atomic mass is 32.1. The van der Waals surface area contributed by atoms with Crippen molar-refractivity contribution >= 4 is 27.3 Å². The van der Waals surface area contributed by atoms with Crippen LogP contribution in [0.4, 0.5) is 0 Å². The quantitative estimate of drug-likeness (QED) is 0.789. The maximum absolute atomic E-state index is 12.9. The first-order chi connectivity index (χ1) is 10.8. The summed E-state index contributed by atoms with van der Waals surface area (Å²) in [6.45, 7) is 1.63. The van der Waals surface area contributed by atoms with Gasteiger partial charge in [-0.3, -0.25) is 14.3 Å². The number of rotatable bonds is 2. The first kappa shape index (κ1) is 13.4. The van der Waals surface area contributed by atoms with Gasteiger partial charge >= 0.3 is 0 Å². The summed E-state index contributed by atoms with van der Waals surface area (Å²) in [7, 11) is 0. The largest absolute Gasteiger partial charge is 0.313 e. The summed E-state index contributed by atoms with van der Waals surface area (Å²) in [5.74, 6) is 0.615. The second-order valence-corrected chi connectivity index (χ2v) is 5.99. The zero-order chi connectivity index (χ0) is 14.9. The average Bonchev–Trinajstić information content (AvgIpc) is 3.05. The number of nitrogens with one attached hydrogen (secondary N) is 1. The number of hydrogen-bond acceptors (Lipinski definition) is 5. The van der Waals surface area contributed by atoms with Gasteiger partial charge in [0.25, 0.3) is 5.56 Å². The Labute approximate surface area is 131 Å². The van der Waals surface area contributed by atoms with Crippen molar-refractivity contribution in [1.29, 1.82) is 0 Å². The Morgan fingerprint density at radius 3 is 3.00 bits per heavy atom. The molecule has 3 aromatic rings. The number of nitrogens with zero attached hydrogens (tertiary/aromatic N) is 3. The molecule has 4 heterocycles. The van der Waals surface area contributed by atoms with Crippen molar-refractivity contribution in [2.75, 3.05) is 13.1 Å². The second-order valence-electron chi connectivity index (χ2n) is 5.08. The van der Waals surface area contributed by atoms with Crippen LogP contribution in [0.1, 0.15) is 6.42 Å². The van der Waals surface area contributed by atoms with Crippen LogP contribution in [0.15, 0.2) is 46.7 Å². The van der Waals surface area contributed by atoms with Crippen LogP contribution in [-0.2, 0) is 0 Å². The van der Waals surface area contributed by atoms with E-state index in [1.807, 2.05) is 29.6 Å². The molecule has 1 aliphatic rings. The first-order valence-corrected chi connectivity index (χ1v) is 8.04. The van der Waals surface area contributed by atoms with Gasteiger partial charge in [0, 0.05) is 31.4 Å². The maximum Gasteiger partial charge on any atom is 0.276 e. The molecule has 1 aliphatic heterocycles. The lowest BCUT2D eigenvalue weighted by Crippen LogP contribution is -2.28. The normalized spacial score (nSPS) is 15.0. The lowest BCUT2D eigenvalue weighted by molar-refractivity contribution is 0.713. The average molecular weight is 310 g/mol. The summed E-state index contributed by atoms with van der Waals surface area (Å²) in [5.41, 5.74) is 2.44. The number of pyridine rings is 1. The lowest BCUT2D eigenvalue weighted by atomic mass is 10.2. The smallest absolute Gasteiger partial charge is 0.276 e. The van der Waals surface area contributed by atoms with Gasteiger partial charge in [-0.05, 0) is 23.6 Å². The number of aromatic nitrogens is 3. The van der Waals surface area contributed by atoms with Crippen molar-refractivity contribution in [3.8, 4) is 11.5 Å². The van der Waals surface area contributed by atoms with Gasteiger partial charge in [-0.2, -0.15) is 0 Å². The molecule has 0 unspecified atom stereocenters. The Hall–Kier alpha value is -2.31. The van der Waals surface area contributed by atoms with Crippen molar-refractivity contribution < 1.29 is 0 Å². The van der Waals surface area contributed by atoms with Gasteiger partial charge in [0.15, 0.2) is 5.82 Å². The van der Waals surface area contributed by atoms with Gasteiger partial charge in [-0.15, -0.1) is 11.3 Å². The zero-order valence-corrected chi connectivity index (χ0v) is 12.6. The van der Waals surface area contributed by atoms with Gasteiger partial charge in [0.2, 0.25) is 0 Å². The van der Waals surface area contributed by atoms with Crippen LogP contribution in [0.25, 0.3) is 27.4 Å².